The molecule has 6 nitrogen and oxygen atoms in total. The van der Waals surface area contributed by atoms with E-state index in [9.17, 15) is 5.11 Å². The van der Waals surface area contributed by atoms with Crippen molar-refractivity contribution in [2.24, 2.45) is 5.92 Å². The molecule has 0 spiro atoms. The van der Waals surface area contributed by atoms with Crippen LogP contribution in [0.2, 0.25) is 5.28 Å². The van der Waals surface area contributed by atoms with E-state index in [1.54, 1.807) is 6.33 Å². The van der Waals surface area contributed by atoms with Crippen LogP contribution >= 0.6 is 11.6 Å². The van der Waals surface area contributed by atoms with E-state index in [-0.39, 0.29) is 11.9 Å². The number of hydrogen-bond donors (Lipinski definition) is 2. The molecule has 0 saturated carbocycles. The van der Waals surface area contributed by atoms with Gasteiger partial charge in [0.15, 0.2) is 11.5 Å². The summed E-state index contributed by atoms with van der Waals surface area (Å²) in [5.41, 5.74) is 0.865. The van der Waals surface area contributed by atoms with Crippen molar-refractivity contribution in [2.75, 3.05) is 11.9 Å². The largest absolute Gasteiger partial charge is 0.394 e. The normalized spacial score (nSPS) is 12.3. The monoisotopic (exact) mass is 297 g/mol. The van der Waals surface area contributed by atoms with Gasteiger partial charge >= 0.3 is 0 Å². The summed E-state index contributed by atoms with van der Waals surface area (Å²) in [5.74, 6) is 1.07. The molecule has 0 amide bonds. The van der Waals surface area contributed by atoms with Gasteiger partial charge in [0.25, 0.3) is 0 Å². The zero-order valence-corrected chi connectivity index (χ0v) is 12.9. The number of halogens is 1. The summed E-state index contributed by atoms with van der Waals surface area (Å²) < 4.78 is 2.01. The molecule has 0 fully saturated rings. The number of nitrogens with one attached hydrogen (secondary N) is 1. The van der Waals surface area contributed by atoms with Crippen molar-refractivity contribution in [1.29, 1.82) is 0 Å². The van der Waals surface area contributed by atoms with Crippen molar-refractivity contribution in [3.05, 3.63) is 11.6 Å². The molecule has 7 heteroatoms. The van der Waals surface area contributed by atoms with Crippen LogP contribution in [-0.2, 0) is 6.54 Å². The molecule has 0 aliphatic rings. The molecule has 0 bridgehead atoms. The lowest BCUT2D eigenvalue weighted by atomic mass is 10.1. The molecule has 0 aromatic carbocycles. The van der Waals surface area contributed by atoms with E-state index in [0.717, 1.165) is 12.1 Å². The lowest BCUT2D eigenvalue weighted by Gasteiger charge is -2.24. The average molecular weight is 298 g/mol. The fraction of sp³-hybridized carbons (Fsp3) is 0.615. The number of rotatable bonds is 5. The van der Waals surface area contributed by atoms with Crippen LogP contribution in [0.5, 0.6) is 0 Å². The fourth-order valence-electron chi connectivity index (χ4n) is 1.93. The molecule has 20 heavy (non-hydrogen) atoms. The number of hydrogen-bond acceptors (Lipinski definition) is 5. The van der Waals surface area contributed by atoms with Gasteiger partial charge in [-0.3, -0.25) is 0 Å². The smallest absolute Gasteiger partial charge is 0.226 e. The quantitative estimate of drug-likeness (QED) is 0.828. The van der Waals surface area contributed by atoms with Crippen LogP contribution in [0.15, 0.2) is 6.33 Å². The Bertz CT molecular complexity index is 608. The number of imidazole rings is 1. The van der Waals surface area contributed by atoms with E-state index in [2.05, 4.69) is 34.1 Å². The second-order valence-electron chi connectivity index (χ2n) is 5.97. The Kier molecular flexibility index (Phi) is 4.15. The maximum Gasteiger partial charge on any atom is 0.226 e. The van der Waals surface area contributed by atoms with Crippen molar-refractivity contribution in [2.45, 2.75) is 39.8 Å². The summed E-state index contributed by atoms with van der Waals surface area (Å²) >= 11 is 5.94. The summed E-state index contributed by atoms with van der Waals surface area (Å²) in [6.45, 7) is 8.83. The number of anilines is 1. The van der Waals surface area contributed by atoms with Crippen LogP contribution in [0.4, 0.5) is 5.82 Å². The van der Waals surface area contributed by atoms with Gasteiger partial charge in [-0.15, -0.1) is 0 Å². The molecule has 2 aromatic rings. The predicted octanol–water partition coefficient (Wildman–Crippen LogP) is 2.32. The molecule has 0 saturated heterocycles. The van der Waals surface area contributed by atoms with Crippen LogP contribution < -0.4 is 5.32 Å². The fourth-order valence-corrected chi connectivity index (χ4v) is 2.10. The Morgan fingerprint density at radius 1 is 1.40 bits per heavy atom. The second kappa shape index (κ2) is 5.54. The third-order valence-electron chi connectivity index (χ3n) is 2.86. The Balaban J connectivity index is 2.53. The molecule has 2 rings (SSSR count). The van der Waals surface area contributed by atoms with Gasteiger partial charge in [0, 0.05) is 6.54 Å². The molecule has 2 N–H and O–H groups in total. The Labute approximate surface area is 123 Å². The summed E-state index contributed by atoms with van der Waals surface area (Å²) in [4.78, 5) is 12.7. The molecule has 110 valence electrons. The van der Waals surface area contributed by atoms with Crippen molar-refractivity contribution in [3.63, 3.8) is 0 Å². The average Bonchev–Trinajstić information content (AvgIpc) is 2.71. The number of fused-ring (bicyclic) bond motifs is 1. The molecule has 0 aliphatic carbocycles. The Morgan fingerprint density at radius 2 is 2.10 bits per heavy atom. The van der Waals surface area contributed by atoms with Crippen molar-refractivity contribution in [1.82, 2.24) is 19.5 Å². The molecule has 0 atom stereocenters. The molecule has 2 heterocycles. The highest BCUT2D eigenvalue weighted by atomic mass is 35.5. The molecular formula is C13H20ClN5O. The van der Waals surface area contributed by atoms with Crippen LogP contribution in [0.3, 0.4) is 0 Å². The first kappa shape index (κ1) is 15.0. The summed E-state index contributed by atoms with van der Waals surface area (Å²) in [6.07, 6.45) is 1.74. The van der Waals surface area contributed by atoms with E-state index >= 15 is 0 Å². The number of aliphatic hydroxyl groups is 1. The van der Waals surface area contributed by atoms with Gasteiger partial charge in [-0.1, -0.05) is 13.8 Å². The highest BCUT2D eigenvalue weighted by molar-refractivity contribution is 6.28. The van der Waals surface area contributed by atoms with Gasteiger partial charge in [0.1, 0.15) is 5.52 Å². The lowest BCUT2D eigenvalue weighted by molar-refractivity contribution is 0.234. The van der Waals surface area contributed by atoms with Crippen molar-refractivity contribution < 1.29 is 5.11 Å². The van der Waals surface area contributed by atoms with Crippen LogP contribution in [0.1, 0.15) is 27.7 Å². The molecule has 2 aromatic heterocycles. The first-order chi connectivity index (χ1) is 9.32. The van der Waals surface area contributed by atoms with E-state index in [1.807, 2.05) is 18.4 Å². The van der Waals surface area contributed by atoms with Gasteiger partial charge in [0.05, 0.1) is 18.5 Å². The molecule has 0 radical (unpaired) electrons. The van der Waals surface area contributed by atoms with Gasteiger partial charge in [-0.25, -0.2) is 4.98 Å². The standard InChI is InChI=1S/C13H20ClN5O/c1-8(2)5-19-7-15-10-9(19)11(17-12(14)16-10)18-13(3,4)6-20/h7-8,20H,5-6H2,1-4H3,(H,16,17,18). The minimum atomic E-state index is -0.502. The number of aliphatic hydroxyl groups excluding tert-OH is 1. The van der Waals surface area contributed by atoms with E-state index in [0.29, 0.717) is 17.4 Å². The third-order valence-corrected chi connectivity index (χ3v) is 3.03. The second-order valence-corrected chi connectivity index (χ2v) is 6.31. The van der Waals surface area contributed by atoms with E-state index in [4.69, 9.17) is 11.6 Å². The van der Waals surface area contributed by atoms with Crippen LogP contribution in [-0.4, -0.2) is 36.8 Å². The molecule has 0 unspecified atom stereocenters. The van der Waals surface area contributed by atoms with Gasteiger partial charge in [-0.05, 0) is 31.4 Å². The van der Waals surface area contributed by atoms with Gasteiger partial charge in [-0.2, -0.15) is 9.97 Å². The zero-order valence-electron chi connectivity index (χ0n) is 12.2. The molecule has 0 aliphatic heterocycles. The Morgan fingerprint density at radius 3 is 2.70 bits per heavy atom. The minimum Gasteiger partial charge on any atom is -0.394 e. The first-order valence-electron chi connectivity index (χ1n) is 6.60. The maximum atomic E-state index is 9.40. The van der Waals surface area contributed by atoms with Gasteiger partial charge < -0.3 is 15.0 Å². The summed E-state index contributed by atoms with van der Waals surface area (Å²) in [7, 11) is 0. The summed E-state index contributed by atoms with van der Waals surface area (Å²) in [5, 5.41) is 12.7. The highest BCUT2D eigenvalue weighted by Gasteiger charge is 2.21. The zero-order chi connectivity index (χ0) is 14.9. The summed E-state index contributed by atoms with van der Waals surface area (Å²) in [6, 6.07) is 0. The van der Waals surface area contributed by atoms with Crippen molar-refractivity contribution >= 4 is 28.6 Å². The van der Waals surface area contributed by atoms with E-state index < -0.39 is 5.54 Å². The minimum absolute atomic E-state index is 0.0194. The maximum absolute atomic E-state index is 9.40. The molecular weight excluding hydrogens is 278 g/mol. The van der Waals surface area contributed by atoms with Crippen LogP contribution in [0, 0.1) is 5.92 Å². The first-order valence-corrected chi connectivity index (χ1v) is 6.97. The number of nitrogens with zero attached hydrogens (tertiary/aromatic N) is 4. The van der Waals surface area contributed by atoms with Gasteiger partial charge in [0.2, 0.25) is 5.28 Å². The van der Waals surface area contributed by atoms with E-state index in [1.165, 1.54) is 0 Å². The highest BCUT2D eigenvalue weighted by Crippen LogP contribution is 2.25. The number of aromatic nitrogens is 4. The third kappa shape index (κ3) is 3.19. The van der Waals surface area contributed by atoms with Crippen molar-refractivity contribution in [3.8, 4) is 0 Å². The predicted molar refractivity (Wildman–Crippen MR) is 80.0 cm³/mol. The topological polar surface area (TPSA) is 75.9 Å². The van der Waals surface area contributed by atoms with Crippen LogP contribution in [0.25, 0.3) is 11.2 Å². The Hall–Kier alpha value is -1.40. The SMILES string of the molecule is CC(C)Cn1cnc2nc(Cl)nc(NC(C)(C)CO)c21. The lowest BCUT2D eigenvalue weighted by Crippen LogP contribution is -2.35.